The van der Waals surface area contributed by atoms with Gasteiger partial charge in [-0.2, -0.15) is 0 Å². The molecule has 1 atom stereocenters. The van der Waals surface area contributed by atoms with Crippen molar-refractivity contribution in [1.82, 2.24) is 5.32 Å². The molecule has 0 spiro atoms. The van der Waals surface area contributed by atoms with E-state index in [2.05, 4.69) is 5.32 Å². The van der Waals surface area contributed by atoms with Crippen molar-refractivity contribution in [1.29, 1.82) is 0 Å². The van der Waals surface area contributed by atoms with E-state index in [1.807, 2.05) is 6.92 Å². The van der Waals surface area contributed by atoms with Gasteiger partial charge >= 0.3 is 0 Å². The van der Waals surface area contributed by atoms with E-state index >= 15 is 0 Å². The lowest BCUT2D eigenvalue weighted by Gasteiger charge is -2.19. The third-order valence-corrected chi connectivity index (χ3v) is 3.34. The van der Waals surface area contributed by atoms with Crippen LogP contribution in [0.15, 0.2) is 42.5 Å². The lowest BCUT2D eigenvalue weighted by atomic mass is 9.98. The molecule has 0 aliphatic carbocycles. The van der Waals surface area contributed by atoms with Gasteiger partial charge in [-0.1, -0.05) is 25.1 Å². The number of rotatable bonds is 6. The Kier molecular flexibility index (Phi) is 5.39. The molecular formula is C17H18F3N. The number of benzene rings is 2. The quantitative estimate of drug-likeness (QED) is 0.833. The molecular weight excluding hydrogens is 275 g/mol. The van der Waals surface area contributed by atoms with Crippen LogP contribution < -0.4 is 5.32 Å². The van der Waals surface area contributed by atoms with Gasteiger partial charge in [0.2, 0.25) is 0 Å². The van der Waals surface area contributed by atoms with Crippen LogP contribution in [0.2, 0.25) is 0 Å². The van der Waals surface area contributed by atoms with Crippen molar-refractivity contribution in [3.63, 3.8) is 0 Å². The van der Waals surface area contributed by atoms with Crippen molar-refractivity contribution in [3.8, 4) is 0 Å². The fourth-order valence-corrected chi connectivity index (χ4v) is 2.21. The summed E-state index contributed by atoms with van der Waals surface area (Å²) in [7, 11) is 0. The first-order chi connectivity index (χ1) is 10.1. The predicted octanol–water partition coefficient (Wildman–Crippen LogP) is 4.39. The fourth-order valence-electron chi connectivity index (χ4n) is 2.21. The molecule has 0 saturated carbocycles. The van der Waals surface area contributed by atoms with Gasteiger partial charge in [-0.15, -0.1) is 0 Å². The molecule has 1 N–H and O–H groups in total. The maximum absolute atomic E-state index is 13.4. The summed E-state index contributed by atoms with van der Waals surface area (Å²) in [5.41, 5.74) is 1.63. The summed E-state index contributed by atoms with van der Waals surface area (Å²) in [5, 5.41) is 3.31. The molecule has 0 fully saturated rings. The molecule has 2 aromatic rings. The predicted molar refractivity (Wildman–Crippen MR) is 77.5 cm³/mol. The van der Waals surface area contributed by atoms with E-state index in [0.29, 0.717) is 12.0 Å². The maximum Gasteiger partial charge on any atom is 0.159 e. The molecule has 0 radical (unpaired) electrons. The number of hydrogen-bond acceptors (Lipinski definition) is 1. The Balaban J connectivity index is 2.20. The number of nitrogens with one attached hydrogen (secondary N) is 1. The first-order valence-electron chi connectivity index (χ1n) is 7.03. The third kappa shape index (κ3) is 4.33. The highest BCUT2D eigenvalue weighted by Gasteiger charge is 2.14. The van der Waals surface area contributed by atoms with E-state index in [4.69, 9.17) is 0 Å². The van der Waals surface area contributed by atoms with E-state index in [9.17, 15) is 13.2 Å². The van der Waals surface area contributed by atoms with Gasteiger partial charge in [0.1, 0.15) is 5.82 Å². The van der Waals surface area contributed by atoms with Crippen molar-refractivity contribution in [2.24, 2.45) is 0 Å². The second kappa shape index (κ2) is 7.27. The van der Waals surface area contributed by atoms with E-state index in [0.717, 1.165) is 24.6 Å². The molecule has 4 heteroatoms. The molecule has 112 valence electrons. The normalized spacial score (nSPS) is 12.4. The Morgan fingerprint density at radius 1 is 0.952 bits per heavy atom. The second-order valence-electron chi connectivity index (χ2n) is 5.01. The lowest BCUT2D eigenvalue weighted by Crippen LogP contribution is -2.24. The zero-order chi connectivity index (χ0) is 15.2. The summed E-state index contributed by atoms with van der Waals surface area (Å²) in [6.45, 7) is 2.80. The van der Waals surface area contributed by atoms with Crippen LogP contribution in [0.5, 0.6) is 0 Å². The molecule has 0 amide bonds. The molecule has 0 bridgehead atoms. The second-order valence-corrected chi connectivity index (χ2v) is 5.01. The summed E-state index contributed by atoms with van der Waals surface area (Å²) in [6, 6.07) is 10.0. The van der Waals surface area contributed by atoms with Crippen molar-refractivity contribution < 1.29 is 13.2 Å². The van der Waals surface area contributed by atoms with Crippen LogP contribution in [-0.2, 0) is 6.42 Å². The molecule has 1 nitrogen and oxygen atoms in total. The highest BCUT2D eigenvalue weighted by Crippen LogP contribution is 2.21. The Bertz CT molecular complexity index is 581. The zero-order valence-corrected chi connectivity index (χ0v) is 11.9. The van der Waals surface area contributed by atoms with Crippen LogP contribution in [0.4, 0.5) is 13.2 Å². The van der Waals surface area contributed by atoms with Crippen molar-refractivity contribution in [2.75, 3.05) is 6.54 Å². The van der Waals surface area contributed by atoms with Crippen molar-refractivity contribution in [2.45, 2.75) is 25.8 Å². The summed E-state index contributed by atoms with van der Waals surface area (Å²) in [6.07, 6.45) is 1.52. The van der Waals surface area contributed by atoms with Crippen LogP contribution >= 0.6 is 0 Å². The van der Waals surface area contributed by atoms with E-state index in [1.165, 1.54) is 18.2 Å². The molecule has 0 aliphatic heterocycles. The van der Waals surface area contributed by atoms with Crippen molar-refractivity contribution in [3.05, 3.63) is 71.0 Å². The van der Waals surface area contributed by atoms with Gasteiger partial charge in [0, 0.05) is 6.04 Å². The lowest BCUT2D eigenvalue weighted by molar-refractivity contribution is 0.493. The van der Waals surface area contributed by atoms with Crippen molar-refractivity contribution >= 4 is 0 Å². The standard InChI is InChI=1S/C17H18F3N/c1-2-9-21-17(10-12-3-6-14(18)7-4-12)13-5-8-15(19)16(20)11-13/h3-8,11,17,21H,2,9-10H2,1H3. The number of halogens is 3. The Hall–Kier alpha value is -1.81. The largest absolute Gasteiger partial charge is 0.310 e. The zero-order valence-electron chi connectivity index (χ0n) is 11.9. The van der Waals surface area contributed by atoms with Gasteiger partial charge in [-0.05, 0) is 54.8 Å². The smallest absolute Gasteiger partial charge is 0.159 e. The molecule has 2 rings (SSSR count). The topological polar surface area (TPSA) is 12.0 Å². The van der Waals surface area contributed by atoms with Crippen LogP contribution in [0, 0.1) is 17.5 Å². The SMILES string of the molecule is CCCNC(Cc1ccc(F)cc1)c1ccc(F)c(F)c1. The highest BCUT2D eigenvalue weighted by atomic mass is 19.2. The van der Waals surface area contributed by atoms with Gasteiger partial charge < -0.3 is 5.32 Å². The maximum atomic E-state index is 13.4. The first-order valence-corrected chi connectivity index (χ1v) is 7.03. The summed E-state index contributed by atoms with van der Waals surface area (Å²) in [5.74, 6) is -1.99. The molecule has 0 aromatic heterocycles. The van der Waals surface area contributed by atoms with E-state index in [-0.39, 0.29) is 11.9 Å². The summed E-state index contributed by atoms with van der Waals surface area (Å²) < 4.78 is 39.4. The van der Waals surface area contributed by atoms with Gasteiger partial charge in [-0.3, -0.25) is 0 Å². The van der Waals surface area contributed by atoms with Gasteiger partial charge in [0.05, 0.1) is 0 Å². The average molecular weight is 293 g/mol. The summed E-state index contributed by atoms with van der Waals surface area (Å²) in [4.78, 5) is 0. The van der Waals surface area contributed by atoms with Crippen LogP contribution in [-0.4, -0.2) is 6.54 Å². The third-order valence-electron chi connectivity index (χ3n) is 3.34. The molecule has 1 unspecified atom stereocenters. The Labute approximate surface area is 122 Å². The van der Waals surface area contributed by atoms with Gasteiger partial charge in [0.25, 0.3) is 0 Å². The Morgan fingerprint density at radius 2 is 1.67 bits per heavy atom. The minimum atomic E-state index is -0.852. The average Bonchev–Trinajstić information content (AvgIpc) is 2.48. The van der Waals surface area contributed by atoms with Gasteiger partial charge in [-0.25, -0.2) is 13.2 Å². The first kappa shape index (κ1) is 15.6. The molecule has 21 heavy (non-hydrogen) atoms. The minimum absolute atomic E-state index is 0.134. The van der Waals surface area contributed by atoms with Crippen LogP contribution in [0.3, 0.4) is 0 Å². The van der Waals surface area contributed by atoms with Crippen LogP contribution in [0.25, 0.3) is 0 Å². The number of hydrogen-bond donors (Lipinski definition) is 1. The van der Waals surface area contributed by atoms with E-state index in [1.54, 1.807) is 18.2 Å². The Morgan fingerprint density at radius 3 is 2.29 bits per heavy atom. The fraction of sp³-hybridized carbons (Fsp3) is 0.294. The highest BCUT2D eigenvalue weighted by molar-refractivity contribution is 5.25. The monoisotopic (exact) mass is 293 g/mol. The molecule has 0 aliphatic rings. The summed E-state index contributed by atoms with van der Waals surface area (Å²) >= 11 is 0. The van der Waals surface area contributed by atoms with Gasteiger partial charge in [0.15, 0.2) is 11.6 Å². The molecule has 0 saturated heterocycles. The van der Waals surface area contributed by atoms with Crippen LogP contribution in [0.1, 0.15) is 30.5 Å². The van der Waals surface area contributed by atoms with E-state index < -0.39 is 11.6 Å². The minimum Gasteiger partial charge on any atom is -0.310 e. The molecule has 2 aromatic carbocycles. The molecule has 0 heterocycles.